The molecule has 2 aromatic rings. The van der Waals surface area contributed by atoms with Crippen LogP contribution in [-0.2, 0) is 16.0 Å². The Bertz CT molecular complexity index is 668. The quantitative estimate of drug-likeness (QED) is 0.825. The third kappa shape index (κ3) is 3.13. The molecule has 2 amide bonds. The van der Waals surface area contributed by atoms with Crippen LogP contribution >= 0.6 is 0 Å². The first-order chi connectivity index (χ1) is 10.7. The first-order valence-corrected chi connectivity index (χ1v) is 7.25. The molecule has 114 valence electrons. The third-order valence-electron chi connectivity index (χ3n) is 3.61. The van der Waals surface area contributed by atoms with Gasteiger partial charge in [0.2, 0.25) is 11.8 Å². The van der Waals surface area contributed by atoms with Crippen molar-refractivity contribution in [3.63, 3.8) is 0 Å². The second kappa shape index (κ2) is 6.38. The number of benzene rings is 1. The molecular formula is C15H17N5O2. The molecule has 0 aliphatic carbocycles. The van der Waals surface area contributed by atoms with E-state index in [1.165, 1.54) is 0 Å². The molecule has 0 unspecified atom stereocenters. The van der Waals surface area contributed by atoms with Gasteiger partial charge in [0.1, 0.15) is 18.2 Å². The number of aryl methyl sites for hydroxylation is 1. The average Bonchev–Trinajstić information content (AvgIpc) is 3.16. The van der Waals surface area contributed by atoms with Crippen LogP contribution in [0.2, 0.25) is 0 Å². The minimum atomic E-state index is -0.403. The molecule has 0 bridgehead atoms. The minimum Gasteiger partial charge on any atom is -0.354 e. The number of carbonyl (C=O) groups is 2. The number of rotatable bonds is 5. The van der Waals surface area contributed by atoms with Crippen LogP contribution in [0.3, 0.4) is 0 Å². The number of nitrogens with zero attached hydrogens (tertiary/aromatic N) is 3. The van der Waals surface area contributed by atoms with Gasteiger partial charge in [-0.2, -0.15) is 0 Å². The van der Waals surface area contributed by atoms with Crippen molar-refractivity contribution in [3.8, 4) is 5.69 Å². The molecule has 1 atom stereocenters. The molecule has 7 heteroatoms. The molecule has 0 radical (unpaired) electrons. The molecule has 22 heavy (non-hydrogen) atoms. The van der Waals surface area contributed by atoms with E-state index < -0.39 is 6.04 Å². The van der Waals surface area contributed by atoms with Crippen LogP contribution in [0.1, 0.15) is 18.7 Å². The molecule has 1 saturated heterocycles. The predicted molar refractivity (Wildman–Crippen MR) is 79.2 cm³/mol. The van der Waals surface area contributed by atoms with Gasteiger partial charge in [-0.15, -0.1) is 10.2 Å². The highest BCUT2D eigenvalue weighted by atomic mass is 16.2. The van der Waals surface area contributed by atoms with Gasteiger partial charge in [-0.1, -0.05) is 18.2 Å². The van der Waals surface area contributed by atoms with Crippen molar-refractivity contribution in [2.75, 3.05) is 6.54 Å². The second-order valence-electron chi connectivity index (χ2n) is 5.15. The van der Waals surface area contributed by atoms with Crippen LogP contribution in [0, 0.1) is 0 Å². The first kappa shape index (κ1) is 14.2. The molecule has 0 spiro atoms. The minimum absolute atomic E-state index is 0.110. The van der Waals surface area contributed by atoms with Crippen LogP contribution in [-0.4, -0.2) is 39.2 Å². The van der Waals surface area contributed by atoms with E-state index in [4.69, 9.17) is 0 Å². The molecule has 1 aromatic carbocycles. The predicted octanol–water partition coefficient (Wildman–Crippen LogP) is 0.205. The van der Waals surface area contributed by atoms with Gasteiger partial charge in [-0.05, 0) is 18.6 Å². The number of carbonyl (C=O) groups excluding carboxylic acids is 2. The lowest BCUT2D eigenvalue weighted by Gasteiger charge is -2.10. The van der Waals surface area contributed by atoms with E-state index in [1.807, 2.05) is 34.9 Å². The van der Waals surface area contributed by atoms with Crippen molar-refractivity contribution in [3.05, 3.63) is 42.5 Å². The van der Waals surface area contributed by atoms with Crippen molar-refractivity contribution in [2.45, 2.75) is 25.3 Å². The standard InChI is InChI=1S/C15H17N5O2/c21-14(18-12-8-9-16-15(12)22)7-6-13-19-17-10-20(13)11-4-2-1-3-5-11/h1-5,10,12H,6-9H2,(H,16,22)(H,18,21)/t12-/m0/s1. The zero-order valence-corrected chi connectivity index (χ0v) is 12.0. The summed E-state index contributed by atoms with van der Waals surface area (Å²) in [6.07, 6.45) is 3.02. The fourth-order valence-corrected chi connectivity index (χ4v) is 2.46. The van der Waals surface area contributed by atoms with Gasteiger partial charge in [0.05, 0.1) is 0 Å². The number of aromatic nitrogens is 3. The number of amides is 2. The topological polar surface area (TPSA) is 88.9 Å². The number of para-hydroxylation sites is 1. The maximum absolute atomic E-state index is 11.9. The fraction of sp³-hybridized carbons (Fsp3) is 0.333. The lowest BCUT2D eigenvalue weighted by atomic mass is 10.2. The second-order valence-corrected chi connectivity index (χ2v) is 5.15. The van der Waals surface area contributed by atoms with Gasteiger partial charge >= 0.3 is 0 Å². The van der Waals surface area contributed by atoms with Crippen LogP contribution in [0.5, 0.6) is 0 Å². The van der Waals surface area contributed by atoms with Gasteiger partial charge in [0, 0.05) is 25.1 Å². The number of hydrogen-bond donors (Lipinski definition) is 2. The van der Waals surface area contributed by atoms with E-state index in [0.29, 0.717) is 19.4 Å². The molecule has 7 nitrogen and oxygen atoms in total. The van der Waals surface area contributed by atoms with Crippen LogP contribution in [0.4, 0.5) is 0 Å². The molecule has 2 N–H and O–H groups in total. The van der Waals surface area contributed by atoms with E-state index >= 15 is 0 Å². The zero-order chi connectivity index (χ0) is 15.4. The summed E-state index contributed by atoms with van der Waals surface area (Å²) in [5, 5.41) is 13.4. The first-order valence-electron chi connectivity index (χ1n) is 7.25. The monoisotopic (exact) mass is 299 g/mol. The van der Waals surface area contributed by atoms with Gasteiger partial charge in [-0.25, -0.2) is 0 Å². The Morgan fingerprint density at radius 3 is 2.91 bits per heavy atom. The largest absolute Gasteiger partial charge is 0.354 e. The summed E-state index contributed by atoms with van der Waals surface area (Å²) in [5.74, 6) is 0.461. The van der Waals surface area contributed by atoms with E-state index in [9.17, 15) is 9.59 Å². The van der Waals surface area contributed by atoms with Crippen LogP contribution in [0.25, 0.3) is 5.69 Å². The van der Waals surface area contributed by atoms with E-state index in [0.717, 1.165) is 11.5 Å². The average molecular weight is 299 g/mol. The third-order valence-corrected chi connectivity index (χ3v) is 3.61. The summed E-state index contributed by atoms with van der Waals surface area (Å²) in [5.41, 5.74) is 0.957. The Kier molecular flexibility index (Phi) is 4.13. The molecule has 1 fully saturated rings. The van der Waals surface area contributed by atoms with E-state index in [-0.39, 0.29) is 18.2 Å². The maximum atomic E-state index is 11.9. The molecule has 1 aromatic heterocycles. The van der Waals surface area contributed by atoms with Crippen LogP contribution < -0.4 is 10.6 Å². The highest BCUT2D eigenvalue weighted by Crippen LogP contribution is 2.10. The Labute approximate surface area is 127 Å². The molecule has 0 saturated carbocycles. The summed E-state index contributed by atoms with van der Waals surface area (Å²) in [7, 11) is 0. The van der Waals surface area contributed by atoms with Crippen molar-refractivity contribution in [2.24, 2.45) is 0 Å². The molecule has 1 aliphatic rings. The van der Waals surface area contributed by atoms with Crippen molar-refractivity contribution < 1.29 is 9.59 Å². The maximum Gasteiger partial charge on any atom is 0.242 e. The number of hydrogen-bond acceptors (Lipinski definition) is 4. The Hall–Kier alpha value is -2.70. The molecule has 3 rings (SSSR count). The van der Waals surface area contributed by atoms with Crippen LogP contribution in [0.15, 0.2) is 36.7 Å². The van der Waals surface area contributed by atoms with Crippen molar-refractivity contribution in [1.29, 1.82) is 0 Å². The van der Waals surface area contributed by atoms with E-state index in [1.54, 1.807) is 6.33 Å². The normalized spacial score (nSPS) is 17.3. The fourth-order valence-electron chi connectivity index (χ4n) is 2.46. The van der Waals surface area contributed by atoms with Gasteiger partial charge in [0.15, 0.2) is 0 Å². The molecular weight excluding hydrogens is 282 g/mol. The highest BCUT2D eigenvalue weighted by Gasteiger charge is 2.25. The smallest absolute Gasteiger partial charge is 0.242 e. The summed E-state index contributed by atoms with van der Waals surface area (Å²) in [6, 6.07) is 9.31. The summed E-state index contributed by atoms with van der Waals surface area (Å²) in [4.78, 5) is 23.4. The highest BCUT2D eigenvalue weighted by molar-refractivity contribution is 5.89. The van der Waals surface area contributed by atoms with Gasteiger partial charge in [0.25, 0.3) is 0 Å². The SMILES string of the molecule is O=C(CCc1nncn1-c1ccccc1)N[C@H]1CCNC1=O. The summed E-state index contributed by atoms with van der Waals surface area (Å²) < 4.78 is 1.86. The van der Waals surface area contributed by atoms with Gasteiger partial charge < -0.3 is 10.6 Å². The lowest BCUT2D eigenvalue weighted by molar-refractivity contribution is -0.127. The Morgan fingerprint density at radius 1 is 1.36 bits per heavy atom. The summed E-state index contributed by atoms with van der Waals surface area (Å²) >= 11 is 0. The summed E-state index contributed by atoms with van der Waals surface area (Å²) in [6.45, 7) is 0.617. The van der Waals surface area contributed by atoms with E-state index in [2.05, 4.69) is 20.8 Å². The molecule has 2 heterocycles. The van der Waals surface area contributed by atoms with Crippen molar-refractivity contribution in [1.82, 2.24) is 25.4 Å². The Balaban J connectivity index is 1.59. The lowest BCUT2D eigenvalue weighted by Crippen LogP contribution is -2.40. The molecule has 1 aliphatic heterocycles. The number of nitrogens with one attached hydrogen (secondary N) is 2. The van der Waals surface area contributed by atoms with Crippen molar-refractivity contribution >= 4 is 11.8 Å². The zero-order valence-electron chi connectivity index (χ0n) is 12.0. The van der Waals surface area contributed by atoms with Gasteiger partial charge in [-0.3, -0.25) is 14.2 Å². The Morgan fingerprint density at radius 2 is 2.18 bits per heavy atom.